The van der Waals surface area contributed by atoms with Gasteiger partial charge in [-0.15, -0.1) is 0 Å². The molecular formula is C24H23F5O4. The number of benzene rings is 2. The first-order valence-corrected chi connectivity index (χ1v) is 10.5. The molecule has 2 aromatic carbocycles. The summed E-state index contributed by atoms with van der Waals surface area (Å²) in [6.45, 7) is 2.71. The van der Waals surface area contributed by atoms with Gasteiger partial charge in [-0.25, -0.2) is 26.7 Å². The second-order valence-electron chi connectivity index (χ2n) is 7.68. The van der Waals surface area contributed by atoms with E-state index in [-0.39, 0.29) is 6.10 Å². The van der Waals surface area contributed by atoms with Gasteiger partial charge in [0, 0.05) is 18.2 Å². The Morgan fingerprint density at radius 3 is 2.42 bits per heavy atom. The molecule has 1 saturated heterocycles. The number of carbonyl (C=O) groups is 1. The highest BCUT2D eigenvalue weighted by Crippen LogP contribution is 2.33. The van der Waals surface area contributed by atoms with Gasteiger partial charge in [-0.1, -0.05) is 19.4 Å². The molecule has 0 N–H and O–H groups in total. The lowest BCUT2D eigenvalue weighted by Gasteiger charge is -2.29. The molecule has 3 rings (SSSR count). The molecule has 0 aromatic heterocycles. The van der Waals surface area contributed by atoms with Gasteiger partial charge < -0.3 is 14.2 Å². The summed E-state index contributed by atoms with van der Waals surface area (Å²) in [5, 5.41) is 0. The van der Waals surface area contributed by atoms with Crippen LogP contribution in [0.4, 0.5) is 22.0 Å². The molecule has 2 atom stereocenters. The summed E-state index contributed by atoms with van der Waals surface area (Å²) >= 11 is 0. The Hall–Kier alpha value is -2.94. The van der Waals surface area contributed by atoms with Gasteiger partial charge in [0.15, 0.2) is 17.4 Å². The number of hydrogen-bond donors (Lipinski definition) is 0. The lowest BCUT2D eigenvalue weighted by atomic mass is 9.91. The normalized spacial score (nSPS) is 18.6. The van der Waals surface area contributed by atoms with Crippen LogP contribution in [0.1, 0.15) is 54.6 Å². The van der Waals surface area contributed by atoms with Crippen LogP contribution in [0.15, 0.2) is 42.7 Å². The van der Waals surface area contributed by atoms with Crippen LogP contribution >= 0.6 is 0 Å². The van der Waals surface area contributed by atoms with Crippen molar-refractivity contribution in [2.75, 3.05) is 6.61 Å². The number of halogens is 5. The van der Waals surface area contributed by atoms with Crippen LogP contribution in [0.3, 0.4) is 0 Å². The summed E-state index contributed by atoms with van der Waals surface area (Å²) in [6.07, 6.45) is 1.46. The van der Waals surface area contributed by atoms with E-state index in [4.69, 9.17) is 9.47 Å². The molecule has 1 aliphatic rings. The summed E-state index contributed by atoms with van der Waals surface area (Å²) in [7, 11) is 0. The van der Waals surface area contributed by atoms with Crippen molar-refractivity contribution >= 4 is 5.97 Å². The summed E-state index contributed by atoms with van der Waals surface area (Å²) < 4.78 is 82.0. The van der Waals surface area contributed by atoms with E-state index in [2.05, 4.69) is 11.7 Å². The lowest BCUT2D eigenvalue weighted by molar-refractivity contribution is -0.0196. The number of ether oxygens (including phenoxy) is 3. The molecule has 1 heterocycles. The second-order valence-corrected chi connectivity index (χ2v) is 7.68. The number of esters is 1. The van der Waals surface area contributed by atoms with E-state index in [1.165, 1.54) is 12.1 Å². The Morgan fingerprint density at radius 1 is 1.12 bits per heavy atom. The predicted molar refractivity (Wildman–Crippen MR) is 110 cm³/mol. The summed E-state index contributed by atoms with van der Waals surface area (Å²) in [5.41, 5.74) is 0.175. The van der Waals surface area contributed by atoms with Crippen LogP contribution in [-0.4, -0.2) is 19.0 Å². The Morgan fingerprint density at radius 2 is 1.85 bits per heavy atom. The number of carbonyl (C=O) groups excluding carboxylic acids is 1. The number of rotatable bonds is 8. The van der Waals surface area contributed by atoms with E-state index in [9.17, 15) is 26.7 Å². The van der Waals surface area contributed by atoms with Crippen molar-refractivity contribution in [3.05, 3.63) is 71.2 Å². The van der Waals surface area contributed by atoms with Crippen LogP contribution < -0.4 is 9.47 Å². The van der Waals surface area contributed by atoms with E-state index in [1.54, 1.807) is 6.07 Å². The van der Waals surface area contributed by atoms with Crippen molar-refractivity contribution in [2.45, 2.75) is 45.1 Å². The molecule has 2 unspecified atom stereocenters. The van der Waals surface area contributed by atoms with Crippen LogP contribution in [0.2, 0.25) is 0 Å². The van der Waals surface area contributed by atoms with Gasteiger partial charge in [0.05, 0.1) is 24.5 Å². The molecule has 0 amide bonds. The van der Waals surface area contributed by atoms with Crippen molar-refractivity contribution in [1.82, 2.24) is 0 Å². The lowest BCUT2D eigenvalue weighted by Crippen LogP contribution is -2.21. The first kappa shape index (κ1) is 24.7. The van der Waals surface area contributed by atoms with Crippen LogP contribution in [0, 0.1) is 23.4 Å². The maximum absolute atomic E-state index is 14.6. The van der Waals surface area contributed by atoms with Crippen molar-refractivity contribution in [3.63, 3.8) is 0 Å². The highest BCUT2D eigenvalue weighted by Gasteiger charge is 2.24. The molecule has 33 heavy (non-hydrogen) atoms. The number of alkyl halides is 2. The fourth-order valence-electron chi connectivity index (χ4n) is 3.64. The van der Waals surface area contributed by atoms with Gasteiger partial charge in [-0.3, -0.25) is 0 Å². The van der Waals surface area contributed by atoms with E-state index < -0.39 is 46.9 Å². The SMILES string of the molecule is CCCC1CCC(c2ccc(C(=O)Oc3cc(F)c(O/C=C/C(F)F)c(F)c3)c(F)c2)OC1. The monoisotopic (exact) mass is 470 g/mol. The largest absolute Gasteiger partial charge is 0.459 e. The minimum absolute atomic E-state index is 0.271. The minimum atomic E-state index is -2.86. The van der Waals surface area contributed by atoms with Crippen LogP contribution in [-0.2, 0) is 4.74 Å². The molecule has 178 valence electrons. The molecule has 0 spiro atoms. The first-order valence-electron chi connectivity index (χ1n) is 10.5. The molecular weight excluding hydrogens is 447 g/mol. The van der Waals surface area contributed by atoms with E-state index in [0.29, 0.717) is 42.6 Å². The van der Waals surface area contributed by atoms with Crippen molar-refractivity contribution in [1.29, 1.82) is 0 Å². The van der Waals surface area contributed by atoms with Crippen LogP contribution in [0.25, 0.3) is 0 Å². The molecule has 9 heteroatoms. The second kappa shape index (κ2) is 11.3. The molecule has 2 aromatic rings. The zero-order valence-corrected chi connectivity index (χ0v) is 17.8. The highest BCUT2D eigenvalue weighted by atomic mass is 19.3. The third-order valence-corrected chi connectivity index (χ3v) is 5.24. The quantitative estimate of drug-likeness (QED) is 0.185. The molecule has 1 fully saturated rings. The summed E-state index contributed by atoms with van der Waals surface area (Å²) in [5.74, 6) is -5.58. The Labute approximate surface area is 188 Å². The molecule has 0 aliphatic carbocycles. The van der Waals surface area contributed by atoms with Gasteiger partial charge in [-0.2, -0.15) is 0 Å². The van der Waals surface area contributed by atoms with Gasteiger partial charge in [0.1, 0.15) is 11.6 Å². The predicted octanol–water partition coefficient (Wildman–Crippen LogP) is 6.75. The van der Waals surface area contributed by atoms with Crippen LogP contribution in [0.5, 0.6) is 11.5 Å². The molecule has 0 bridgehead atoms. The standard InChI is InChI=1S/C24H23F5O4/c1-2-3-14-4-7-21(32-13-14)15-5-6-17(18(25)10-15)24(30)33-16-11-19(26)23(20(27)12-16)31-9-8-22(28)29/h5-6,8-12,14,21-22H,2-4,7,13H2,1H3/b9-8+. The summed E-state index contributed by atoms with van der Waals surface area (Å²) in [4.78, 5) is 12.3. The van der Waals surface area contributed by atoms with Gasteiger partial charge >= 0.3 is 5.97 Å². The molecule has 4 nitrogen and oxygen atoms in total. The van der Waals surface area contributed by atoms with Gasteiger partial charge in [-0.05, 0) is 42.9 Å². The van der Waals surface area contributed by atoms with E-state index in [1.807, 2.05) is 0 Å². The Bertz CT molecular complexity index is 977. The average molecular weight is 470 g/mol. The fraction of sp³-hybridized carbons (Fsp3) is 0.375. The third-order valence-electron chi connectivity index (χ3n) is 5.24. The number of hydrogen-bond acceptors (Lipinski definition) is 4. The van der Waals surface area contributed by atoms with Gasteiger partial charge in [0.25, 0.3) is 6.43 Å². The van der Waals surface area contributed by atoms with E-state index >= 15 is 0 Å². The smallest absolute Gasteiger partial charge is 0.346 e. The van der Waals surface area contributed by atoms with Crippen molar-refractivity contribution in [2.24, 2.45) is 5.92 Å². The zero-order chi connectivity index (χ0) is 24.0. The third kappa shape index (κ3) is 6.54. The molecule has 1 aliphatic heterocycles. The van der Waals surface area contributed by atoms with Gasteiger partial charge in [0.2, 0.25) is 0 Å². The zero-order valence-electron chi connectivity index (χ0n) is 17.8. The fourth-order valence-corrected chi connectivity index (χ4v) is 3.64. The summed E-state index contributed by atoms with van der Waals surface area (Å²) in [6, 6.07) is 5.23. The van der Waals surface area contributed by atoms with Crippen molar-refractivity contribution < 1.29 is 41.0 Å². The first-order chi connectivity index (χ1) is 15.8. The number of allylic oxidation sites excluding steroid dienone is 1. The maximum atomic E-state index is 14.6. The Kier molecular flexibility index (Phi) is 8.43. The average Bonchev–Trinajstić information content (AvgIpc) is 2.76. The topological polar surface area (TPSA) is 44.8 Å². The van der Waals surface area contributed by atoms with E-state index in [0.717, 1.165) is 25.7 Å². The minimum Gasteiger partial charge on any atom is -0.459 e. The molecule has 0 radical (unpaired) electrons. The highest BCUT2D eigenvalue weighted by molar-refractivity contribution is 5.91. The Balaban J connectivity index is 1.67. The maximum Gasteiger partial charge on any atom is 0.346 e. The molecule has 0 saturated carbocycles. The van der Waals surface area contributed by atoms with Crippen molar-refractivity contribution in [3.8, 4) is 11.5 Å².